The first-order valence-electron chi connectivity index (χ1n) is 8.90. The Morgan fingerprint density at radius 2 is 1.93 bits per heavy atom. The second-order valence-corrected chi connectivity index (χ2v) is 6.60. The van der Waals surface area contributed by atoms with Gasteiger partial charge in [-0.3, -0.25) is 19.5 Å². The summed E-state index contributed by atoms with van der Waals surface area (Å²) in [5.41, 5.74) is 7.70. The van der Waals surface area contributed by atoms with Crippen molar-refractivity contribution >= 4 is 29.3 Å². The Kier molecular flexibility index (Phi) is 4.50. The molecular formula is C20H20N4O3. The fourth-order valence-corrected chi connectivity index (χ4v) is 3.30. The van der Waals surface area contributed by atoms with E-state index in [4.69, 9.17) is 10.5 Å². The lowest BCUT2D eigenvalue weighted by atomic mass is 10.1. The molecule has 1 fully saturated rings. The van der Waals surface area contributed by atoms with Crippen LogP contribution in [0.2, 0.25) is 0 Å². The number of nitrogens with two attached hydrogens (primary N) is 1. The highest BCUT2D eigenvalue weighted by Gasteiger charge is 2.33. The average molecular weight is 364 g/mol. The van der Waals surface area contributed by atoms with Gasteiger partial charge >= 0.3 is 0 Å². The molecular weight excluding hydrogens is 344 g/mol. The predicted molar refractivity (Wildman–Crippen MR) is 102 cm³/mol. The van der Waals surface area contributed by atoms with Crippen LogP contribution in [-0.4, -0.2) is 41.3 Å². The molecule has 27 heavy (non-hydrogen) atoms. The van der Waals surface area contributed by atoms with Crippen LogP contribution >= 0.6 is 0 Å². The molecule has 7 heteroatoms. The average Bonchev–Trinajstić information content (AvgIpc) is 3.21. The zero-order valence-electron chi connectivity index (χ0n) is 14.8. The zero-order valence-corrected chi connectivity index (χ0v) is 14.8. The summed E-state index contributed by atoms with van der Waals surface area (Å²) in [7, 11) is 0. The number of pyridine rings is 1. The molecule has 3 heterocycles. The molecule has 0 saturated carbocycles. The molecule has 1 aromatic carbocycles. The third kappa shape index (κ3) is 3.48. The summed E-state index contributed by atoms with van der Waals surface area (Å²) in [6.07, 6.45) is 6.93. The number of amides is 2. The van der Waals surface area contributed by atoms with Gasteiger partial charge in [-0.05, 0) is 54.8 Å². The second-order valence-electron chi connectivity index (χ2n) is 6.60. The lowest BCUT2D eigenvalue weighted by Crippen LogP contribution is -2.45. The highest BCUT2D eigenvalue weighted by atomic mass is 16.5. The number of rotatable bonds is 3. The van der Waals surface area contributed by atoms with Crippen molar-refractivity contribution < 1.29 is 14.3 Å². The van der Waals surface area contributed by atoms with Gasteiger partial charge in [-0.1, -0.05) is 0 Å². The Labute approximate surface area is 157 Å². The van der Waals surface area contributed by atoms with Crippen molar-refractivity contribution in [1.82, 2.24) is 9.88 Å². The summed E-state index contributed by atoms with van der Waals surface area (Å²) in [6, 6.07) is 8.64. The molecule has 1 saturated heterocycles. The lowest BCUT2D eigenvalue weighted by Gasteiger charge is -2.31. The van der Waals surface area contributed by atoms with Crippen molar-refractivity contribution in [2.45, 2.75) is 12.8 Å². The summed E-state index contributed by atoms with van der Waals surface area (Å²) < 4.78 is 5.81. The van der Waals surface area contributed by atoms with Gasteiger partial charge in [-0.25, -0.2) is 0 Å². The Morgan fingerprint density at radius 1 is 1.19 bits per heavy atom. The minimum Gasteiger partial charge on any atom is -0.449 e. The van der Waals surface area contributed by atoms with Crippen molar-refractivity contribution in [3.63, 3.8) is 0 Å². The maximum absolute atomic E-state index is 13.1. The summed E-state index contributed by atoms with van der Waals surface area (Å²) in [5.74, 6) is 0.225. The zero-order chi connectivity index (χ0) is 18.8. The number of fused-ring (bicyclic) bond motifs is 1. The molecule has 2 aliphatic heterocycles. The van der Waals surface area contributed by atoms with Crippen LogP contribution in [0.3, 0.4) is 0 Å². The molecule has 138 valence electrons. The van der Waals surface area contributed by atoms with E-state index in [1.54, 1.807) is 53.7 Å². The number of aromatic nitrogens is 1. The number of benzene rings is 1. The van der Waals surface area contributed by atoms with E-state index in [9.17, 15) is 9.59 Å². The molecule has 0 bridgehead atoms. The number of hydrogen-bond donors (Lipinski definition) is 1. The van der Waals surface area contributed by atoms with Gasteiger partial charge in [0.05, 0.1) is 5.69 Å². The molecule has 2 N–H and O–H groups in total. The van der Waals surface area contributed by atoms with Crippen molar-refractivity contribution in [2.75, 3.05) is 30.3 Å². The summed E-state index contributed by atoms with van der Waals surface area (Å²) in [6.45, 7) is 1.44. The SMILES string of the molecule is Nc1ccc2c(c1)N(CC(=O)N1CCCC1)C(=O)/C(=C\c1ccncc1)O2. The van der Waals surface area contributed by atoms with E-state index < -0.39 is 0 Å². The van der Waals surface area contributed by atoms with E-state index in [0.717, 1.165) is 31.5 Å². The Bertz CT molecular complexity index is 905. The number of anilines is 2. The van der Waals surface area contributed by atoms with Gasteiger partial charge in [0.15, 0.2) is 11.5 Å². The Morgan fingerprint density at radius 3 is 2.67 bits per heavy atom. The minimum atomic E-state index is -0.363. The van der Waals surface area contributed by atoms with Gasteiger partial charge in [-0.2, -0.15) is 0 Å². The quantitative estimate of drug-likeness (QED) is 0.665. The van der Waals surface area contributed by atoms with Crippen molar-refractivity contribution in [2.24, 2.45) is 0 Å². The number of ether oxygens (including phenoxy) is 1. The molecule has 2 amide bonds. The van der Waals surface area contributed by atoms with Crippen LogP contribution in [0.15, 0.2) is 48.5 Å². The van der Waals surface area contributed by atoms with E-state index >= 15 is 0 Å². The van der Waals surface area contributed by atoms with Crippen LogP contribution in [0, 0.1) is 0 Å². The molecule has 0 atom stereocenters. The lowest BCUT2D eigenvalue weighted by molar-refractivity contribution is -0.130. The Balaban J connectivity index is 1.69. The molecule has 1 aromatic heterocycles. The van der Waals surface area contributed by atoms with Crippen LogP contribution in [0.1, 0.15) is 18.4 Å². The van der Waals surface area contributed by atoms with Crippen molar-refractivity contribution in [3.8, 4) is 5.75 Å². The molecule has 0 radical (unpaired) electrons. The number of carbonyl (C=O) groups excluding carboxylic acids is 2. The number of hydrogen-bond acceptors (Lipinski definition) is 5. The third-order valence-electron chi connectivity index (χ3n) is 4.71. The van der Waals surface area contributed by atoms with E-state index in [1.165, 1.54) is 4.90 Å². The van der Waals surface area contributed by atoms with E-state index in [0.29, 0.717) is 17.1 Å². The number of likely N-dealkylation sites (tertiary alicyclic amines) is 1. The Hall–Kier alpha value is -3.35. The fourth-order valence-electron chi connectivity index (χ4n) is 3.30. The van der Waals surface area contributed by atoms with Crippen LogP contribution < -0.4 is 15.4 Å². The molecule has 2 aromatic rings. The first-order chi connectivity index (χ1) is 13.1. The summed E-state index contributed by atoms with van der Waals surface area (Å²) in [5, 5.41) is 0. The molecule has 2 aliphatic rings. The van der Waals surface area contributed by atoms with Gasteiger partial charge < -0.3 is 15.4 Å². The fraction of sp³-hybridized carbons (Fsp3) is 0.250. The molecule has 0 aliphatic carbocycles. The molecule has 0 spiro atoms. The summed E-state index contributed by atoms with van der Waals surface area (Å²) >= 11 is 0. The van der Waals surface area contributed by atoms with Crippen molar-refractivity contribution in [1.29, 1.82) is 0 Å². The van der Waals surface area contributed by atoms with E-state index in [-0.39, 0.29) is 24.1 Å². The van der Waals surface area contributed by atoms with Gasteiger partial charge in [0.2, 0.25) is 5.91 Å². The molecule has 4 rings (SSSR count). The maximum Gasteiger partial charge on any atom is 0.294 e. The largest absolute Gasteiger partial charge is 0.449 e. The van der Waals surface area contributed by atoms with Gasteiger partial charge in [0.1, 0.15) is 6.54 Å². The maximum atomic E-state index is 13.1. The number of carbonyl (C=O) groups is 2. The van der Waals surface area contributed by atoms with Crippen LogP contribution in [0.4, 0.5) is 11.4 Å². The van der Waals surface area contributed by atoms with Gasteiger partial charge in [0, 0.05) is 31.2 Å². The normalized spacial score (nSPS) is 17.8. The number of nitrogen functional groups attached to an aromatic ring is 1. The third-order valence-corrected chi connectivity index (χ3v) is 4.71. The number of nitrogens with zero attached hydrogens (tertiary/aromatic N) is 3. The van der Waals surface area contributed by atoms with Crippen molar-refractivity contribution in [3.05, 3.63) is 54.0 Å². The minimum absolute atomic E-state index is 0.0354. The monoisotopic (exact) mass is 364 g/mol. The topological polar surface area (TPSA) is 88.8 Å². The first-order valence-corrected chi connectivity index (χ1v) is 8.90. The van der Waals surface area contributed by atoms with Gasteiger partial charge in [0.25, 0.3) is 5.91 Å². The highest BCUT2D eigenvalue weighted by Crippen LogP contribution is 2.37. The smallest absolute Gasteiger partial charge is 0.294 e. The molecule has 7 nitrogen and oxygen atoms in total. The van der Waals surface area contributed by atoms with E-state index in [1.807, 2.05) is 0 Å². The van der Waals surface area contributed by atoms with Gasteiger partial charge in [-0.15, -0.1) is 0 Å². The van der Waals surface area contributed by atoms with Crippen LogP contribution in [-0.2, 0) is 9.59 Å². The second kappa shape index (κ2) is 7.11. The standard InChI is InChI=1S/C20H20N4O3/c21-15-3-4-17-16(12-15)24(13-19(25)23-9-1-2-10-23)20(26)18(27-17)11-14-5-7-22-8-6-14/h3-8,11-12H,1-2,9-10,13,21H2/b18-11+. The predicted octanol–water partition coefficient (Wildman–Crippen LogP) is 2.05. The summed E-state index contributed by atoms with van der Waals surface area (Å²) in [4.78, 5) is 32.9. The molecule has 0 unspecified atom stereocenters. The highest BCUT2D eigenvalue weighted by molar-refractivity contribution is 6.12. The van der Waals surface area contributed by atoms with Crippen LogP contribution in [0.25, 0.3) is 6.08 Å². The first kappa shape index (κ1) is 17.1. The van der Waals surface area contributed by atoms with Crippen LogP contribution in [0.5, 0.6) is 5.75 Å². The van der Waals surface area contributed by atoms with E-state index in [2.05, 4.69) is 4.98 Å².